The maximum atomic E-state index is 12.3. The third-order valence-electron chi connectivity index (χ3n) is 3.84. The standard InChI is InChI=1S/C18H18N2O2/c1-12-5-2-3-6-13(12)17(21)11-20-18(22)15-7-4-8-16-14(15)9-10-19-16/h2-10,17,19,21H,11H2,1H3,(H,20,22). The molecule has 0 bridgehead atoms. The van der Waals surface area contributed by atoms with Gasteiger partial charge in [-0.1, -0.05) is 30.3 Å². The minimum Gasteiger partial charge on any atom is -0.387 e. The van der Waals surface area contributed by atoms with Gasteiger partial charge in [0.25, 0.3) is 5.91 Å². The Kier molecular flexibility index (Phi) is 3.94. The number of hydrogen-bond donors (Lipinski definition) is 3. The Bertz CT molecular complexity index is 807. The van der Waals surface area contributed by atoms with E-state index in [0.717, 1.165) is 22.0 Å². The van der Waals surface area contributed by atoms with Gasteiger partial charge in [0.15, 0.2) is 0 Å². The smallest absolute Gasteiger partial charge is 0.252 e. The van der Waals surface area contributed by atoms with Gasteiger partial charge in [-0.2, -0.15) is 0 Å². The number of H-pyrrole nitrogens is 1. The molecule has 4 heteroatoms. The molecule has 3 N–H and O–H groups in total. The van der Waals surface area contributed by atoms with Crippen LogP contribution in [0.4, 0.5) is 0 Å². The Morgan fingerprint density at radius 3 is 2.82 bits per heavy atom. The highest BCUT2D eigenvalue weighted by atomic mass is 16.3. The first-order valence-corrected chi connectivity index (χ1v) is 7.24. The van der Waals surface area contributed by atoms with Crippen molar-refractivity contribution in [2.75, 3.05) is 6.54 Å². The van der Waals surface area contributed by atoms with E-state index in [0.29, 0.717) is 5.56 Å². The van der Waals surface area contributed by atoms with Crippen LogP contribution in [-0.2, 0) is 0 Å². The van der Waals surface area contributed by atoms with E-state index in [1.165, 1.54) is 0 Å². The minimum absolute atomic E-state index is 0.183. The molecular weight excluding hydrogens is 276 g/mol. The highest BCUT2D eigenvalue weighted by molar-refractivity contribution is 6.06. The zero-order valence-electron chi connectivity index (χ0n) is 12.3. The Labute approximate surface area is 128 Å². The van der Waals surface area contributed by atoms with Gasteiger partial charge in [-0.05, 0) is 36.2 Å². The predicted molar refractivity (Wildman–Crippen MR) is 86.8 cm³/mol. The molecule has 3 aromatic rings. The first kappa shape index (κ1) is 14.4. The van der Waals surface area contributed by atoms with Crippen molar-refractivity contribution in [1.29, 1.82) is 0 Å². The molecule has 0 radical (unpaired) electrons. The number of rotatable bonds is 4. The molecule has 0 aliphatic heterocycles. The van der Waals surface area contributed by atoms with Gasteiger partial charge < -0.3 is 15.4 Å². The molecule has 4 nitrogen and oxygen atoms in total. The summed E-state index contributed by atoms with van der Waals surface area (Å²) in [5.74, 6) is -0.183. The van der Waals surface area contributed by atoms with Crippen molar-refractivity contribution in [2.45, 2.75) is 13.0 Å². The minimum atomic E-state index is -0.712. The summed E-state index contributed by atoms with van der Waals surface area (Å²) in [7, 11) is 0. The van der Waals surface area contributed by atoms with Crippen LogP contribution in [0.1, 0.15) is 27.6 Å². The summed E-state index contributed by atoms with van der Waals surface area (Å²) in [4.78, 5) is 15.4. The number of fused-ring (bicyclic) bond motifs is 1. The zero-order chi connectivity index (χ0) is 15.5. The first-order valence-electron chi connectivity index (χ1n) is 7.24. The summed E-state index contributed by atoms with van der Waals surface area (Å²) in [6, 6.07) is 15.1. The number of carbonyl (C=O) groups is 1. The van der Waals surface area contributed by atoms with Crippen LogP contribution >= 0.6 is 0 Å². The van der Waals surface area contributed by atoms with Gasteiger partial charge in [-0.25, -0.2) is 0 Å². The summed E-state index contributed by atoms with van der Waals surface area (Å²) in [5, 5.41) is 13.9. The SMILES string of the molecule is Cc1ccccc1C(O)CNC(=O)c1cccc2[nH]ccc12. The van der Waals surface area contributed by atoms with E-state index >= 15 is 0 Å². The average Bonchev–Trinajstić information content (AvgIpc) is 3.01. The predicted octanol–water partition coefficient (Wildman–Crippen LogP) is 2.94. The van der Waals surface area contributed by atoms with E-state index in [4.69, 9.17) is 0 Å². The molecule has 2 aromatic carbocycles. The van der Waals surface area contributed by atoms with Crippen LogP contribution in [0.5, 0.6) is 0 Å². The highest BCUT2D eigenvalue weighted by Gasteiger charge is 2.14. The lowest BCUT2D eigenvalue weighted by Crippen LogP contribution is -2.28. The maximum Gasteiger partial charge on any atom is 0.252 e. The Balaban J connectivity index is 1.73. The quantitative estimate of drug-likeness (QED) is 0.692. The summed E-state index contributed by atoms with van der Waals surface area (Å²) >= 11 is 0. The van der Waals surface area contributed by atoms with Crippen molar-refractivity contribution in [3.05, 3.63) is 71.4 Å². The number of carbonyl (C=O) groups excluding carboxylic acids is 1. The van der Waals surface area contributed by atoms with Gasteiger partial charge >= 0.3 is 0 Å². The van der Waals surface area contributed by atoms with E-state index in [2.05, 4.69) is 10.3 Å². The van der Waals surface area contributed by atoms with Gasteiger partial charge in [0.05, 0.1) is 6.10 Å². The Hall–Kier alpha value is -2.59. The Morgan fingerprint density at radius 1 is 1.18 bits per heavy atom. The van der Waals surface area contributed by atoms with Crippen LogP contribution in [0.2, 0.25) is 0 Å². The van der Waals surface area contributed by atoms with Gasteiger partial charge in [-0.15, -0.1) is 0 Å². The molecule has 0 aliphatic carbocycles. The largest absolute Gasteiger partial charge is 0.387 e. The monoisotopic (exact) mass is 294 g/mol. The fourth-order valence-electron chi connectivity index (χ4n) is 2.64. The fraction of sp³-hybridized carbons (Fsp3) is 0.167. The molecular formula is C18H18N2O2. The Morgan fingerprint density at radius 2 is 2.00 bits per heavy atom. The number of aromatic nitrogens is 1. The lowest BCUT2D eigenvalue weighted by Gasteiger charge is -2.14. The summed E-state index contributed by atoms with van der Waals surface area (Å²) in [6.45, 7) is 2.13. The molecule has 3 rings (SSSR count). The second-order valence-corrected chi connectivity index (χ2v) is 5.33. The topological polar surface area (TPSA) is 65.1 Å². The van der Waals surface area contributed by atoms with Crippen LogP contribution in [0.15, 0.2) is 54.7 Å². The molecule has 0 fully saturated rings. The van der Waals surface area contributed by atoms with Crippen molar-refractivity contribution < 1.29 is 9.90 Å². The number of amides is 1. The molecule has 1 amide bonds. The number of benzene rings is 2. The van der Waals surface area contributed by atoms with Crippen molar-refractivity contribution in [2.24, 2.45) is 0 Å². The van der Waals surface area contributed by atoms with Crippen molar-refractivity contribution in [3.8, 4) is 0 Å². The number of aliphatic hydroxyl groups is 1. The van der Waals surface area contributed by atoms with Gasteiger partial charge in [-0.3, -0.25) is 4.79 Å². The summed E-state index contributed by atoms with van der Waals surface area (Å²) in [5.41, 5.74) is 3.38. The van der Waals surface area contributed by atoms with Crippen LogP contribution < -0.4 is 5.32 Å². The lowest BCUT2D eigenvalue weighted by atomic mass is 10.0. The average molecular weight is 294 g/mol. The molecule has 0 saturated heterocycles. The van der Waals surface area contributed by atoms with Crippen molar-refractivity contribution in [3.63, 3.8) is 0 Å². The zero-order valence-corrected chi connectivity index (χ0v) is 12.3. The molecule has 0 spiro atoms. The normalized spacial score (nSPS) is 12.3. The van der Waals surface area contributed by atoms with E-state index < -0.39 is 6.10 Å². The van der Waals surface area contributed by atoms with Crippen LogP contribution in [0.3, 0.4) is 0 Å². The number of nitrogens with one attached hydrogen (secondary N) is 2. The van der Waals surface area contributed by atoms with Crippen molar-refractivity contribution in [1.82, 2.24) is 10.3 Å². The van der Waals surface area contributed by atoms with Gasteiger partial charge in [0.1, 0.15) is 0 Å². The molecule has 1 heterocycles. The third-order valence-corrected chi connectivity index (χ3v) is 3.84. The molecule has 1 unspecified atom stereocenters. The molecule has 22 heavy (non-hydrogen) atoms. The van der Waals surface area contributed by atoms with Gasteiger partial charge in [0, 0.05) is 29.2 Å². The third kappa shape index (κ3) is 2.73. The molecule has 1 aromatic heterocycles. The second kappa shape index (κ2) is 6.03. The molecule has 0 saturated carbocycles. The van der Waals surface area contributed by atoms with Crippen LogP contribution in [0, 0.1) is 6.92 Å². The maximum absolute atomic E-state index is 12.3. The van der Waals surface area contributed by atoms with E-state index in [1.807, 2.05) is 55.6 Å². The molecule has 112 valence electrons. The van der Waals surface area contributed by atoms with E-state index in [9.17, 15) is 9.90 Å². The first-order chi connectivity index (χ1) is 10.7. The highest BCUT2D eigenvalue weighted by Crippen LogP contribution is 2.19. The number of aryl methyl sites for hydroxylation is 1. The number of aliphatic hydroxyl groups excluding tert-OH is 1. The summed E-state index contributed by atoms with van der Waals surface area (Å²) in [6.07, 6.45) is 1.10. The lowest BCUT2D eigenvalue weighted by molar-refractivity contribution is 0.0917. The van der Waals surface area contributed by atoms with E-state index in [-0.39, 0.29) is 12.5 Å². The number of aromatic amines is 1. The fourth-order valence-corrected chi connectivity index (χ4v) is 2.64. The second-order valence-electron chi connectivity index (χ2n) is 5.33. The summed E-state index contributed by atoms with van der Waals surface area (Å²) < 4.78 is 0. The molecule has 1 atom stereocenters. The molecule has 0 aliphatic rings. The number of hydrogen-bond acceptors (Lipinski definition) is 2. The van der Waals surface area contributed by atoms with Crippen LogP contribution in [-0.4, -0.2) is 22.5 Å². The van der Waals surface area contributed by atoms with Crippen LogP contribution in [0.25, 0.3) is 10.9 Å². The van der Waals surface area contributed by atoms with E-state index in [1.54, 1.807) is 6.07 Å². The van der Waals surface area contributed by atoms with Crippen molar-refractivity contribution >= 4 is 16.8 Å². The van der Waals surface area contributed by atoms with Gasteiger partial charge in [0.2, 0.25) is 0 Å².